The van der Waals surface area contributed by atoms with Crippen molar-refractivity contribution in [1.29, 1.82) is 0 Å². The number of hydrogen-bond donors (Lipinski definition) is 2. The first-order valence-corrected chi connectivity index (χ1v) is 9.27. The van der Waals surface area contributed by atoms with E-state index in [1.54, 1.807) is 24.3 Å². The largest absolute Gasteiger partial charge is 0.388 e. The maximum absolute atomic E-state index is 12.7. The molecule has 0 spiro atoms. The van der Waals surface area contributed by atoms with E-state index in [4.69, 9.17) is 16.0 Å². The van der Waals surface area contributed by atoms with Gasteiger partial charge in [-0.2, -0.15) is 0 Å². The van der Waals surface area contributed by atoms with E-state index in [0.29, 0.717) is 11.2 Å². The van der Waals surface area contributed by atoms with Crippen LogP contribution in [-0.2, 0) is 4.74 Å². The highest BCUT2D eigenvalue weighted by atomic mass is 16.5. The fraction of sp³-hybridized carbons (Fsp3) is 0.278. The second-order valence-electron chi connectivity index (χ2n) is 7.10. The summed E-state index contributed by atoms with van der Waals surface area (Å²) in [5.74, 6) is -0.795. The van der Waals surface area contributed by atoms with Gasteiger partial charge in [0.15, 0.2) is 17.7 Å². The number of carbonyl (C=O) groups excluding carboxylic acids is 2. The van der Waals surface area contributed by atoms with Gasteiger partial charge in [0.1, 0.15) is 17.9 Å². The molecule has 13 heteroatoms. The van der Waals surface area contributed by atoms with Crippen molar-refractivity contribution in [2.75, 3.05) is 12.3 Å². The van der Waals surface area contributed by atoms with Crippen LogP contribution in [0.3, 0.4) is 0 Å². The second kappa shape index (κ2) is 7.02. The average molecular weight is 421 g/mol. The van der Waals surface area contributed by atoms with Crippen LogP contribution in [0.5, 0.6) is 0 Å². The molecule has 4 heterocycles. The number of hydrogen-bond acceptors (Lipinski definition) is 9. The molecular formula is C18H15N9O4. The molecule has 2 amide bonds. The Morgan fingerprint density at radius 3 is 2.58 bits per heavy atom. The highest BCUT2D eigenvalue weighted by Gasteiger charge is 2.48. The lowest BCUT2D eigenvalue weighted by molar-refractivity contribution is -0.0396. The molecule has 1 aromatic carbocycles. The molecule has 0 unspecified atom stereocenters. The van der Waals surface area contributed by atoms with E-state index in [9.17, 15) is 14.7 Å². The van der Waals surface area contributed by atoms with Crippen LogP contribution in [0.4, 0.5) is 5.82 Å². The predicted molar refractivity (Wildman–Crippen MR) is 104 cm³/mol. The van der Waals surface area contributed by atoms with E-state index in [1.165, 1.54) is 17.2 Å². The highest BCUT2D eigenvalue weighted by molar-refractivity contribution is 6.21. The number of ether oxygens (including phenoxy) is 1. The number of imide groups is 1. The minimum Gasteiger partial charge on any atom is -0.388 e. The Bertz CT molecular complexity index is 1230. The summed E-state index contributed by atoms with van der Waals surface area (Å²) in [5.41, 5.74) is 16.0. The first kappa shape index (κ1) is 18.9. The number of aromatic nitrogens is 4. The third-order valence-electron chi connectivity index (χ3n) is 5.42. The summed E-state index contributed by atoms with van der Waals surface area (Å²) in [5, 5.41) is 14.5. The van der Waals surface area contributed by atoms with E-state index < -0.39 is 36.3 Å². The van der Waals surface area contributed by atoms with Crippen LogP contribution in [0.2, 0.25) is 0 Å². The normalized spacial score (nSPS) is 25.1. The van der Waals surface area contributed by atoms with E-state index in [-0.39, 0.29) is 23.5 Å². The van der Waals surface area contributed by atoms with Crippen LogP contribution in [0.15, 0.2) is 42.0 Å². The van der Waals surface area contributed by atoms with Crippen molar-refractivity contribution in [2.24, 2.45) is 5.11 Å². The van der Waals surface area contributed by atoms with Crippen LogP contribution >= 0.6 is 0 Å². The van der Waals surface area contributed by atoms with Crippen molar-refractivity contribution in [3.05, 3.63) is 58.5 Å². The number of aliphatic hydroxyl groups is 1. The summed E-state index contributed by atoms with van der Waals surface area (Å²) in [4.78, 5) is 41.4. The minimum absolute atomic E-state index is 0.158. The molecule has 5 rings (SSSR count). The van der Waals surface area contributed by atoms with Crippen molar-refractivity contribution in [1.82, 2.24) is 24.4 Å². The maximum atomic E-state index is 12.7. The minimum atomic E-state index is -1.29. The molecule has 3 aromatic rings. The van der Waals surface area contributed by atoms with Crippen molar-refractivity contribution in [3.8, 4) is 0 Å². The predicted octanol–water partition coefficient (Wildman–Crippen LogP) is 0.642. The lowest BCUT2D eigenvalue weighted by atomic mass is 10.1. The van der Waals surface area contributed by atoms with Crippen molar-refractivity contribution in [3.63, 3.8) is 0 Å². The summed E-state index contributed by atoms with van der Waals surface area (Å²) >= 11 is 0. The van der Waals surface area contributed by atoms with Crippen LogP contribution in [-0.4, -0.2) is 66.1 Å². The number of amides is 2. The van der Waals surface area contributed by atoms with Gasteiger partial charge in [0.05, 0.1) is 36.1 Å². The van der Waals surface area contributed by atoms with Crippen LogP contribution in [0, 0.1) is 0 Å². The number of rotatable bonds is 4. The summed E-state index contributed by atoms with van der Waals surface area (Å²) < 4.78 is 7.39. The first-order valence-electron chi connectivity index (χ1n) is 9.27. The number of aliphatic hydroxyl groups excluding tert-OH is 1. The zero-order valence-corrected chi connectivity index (χ0v) is 15.8. The van der Waals surface area contributed by atoms with Crippen molar-refractivity contribution < 1.29 is 19.4 Å². The number of fused-ring (bicyclic) bond motifs is 2. The number of carbonyl (C=O) groups is 2. The van der Waals surface area contributed by atoms with Gasteiger partial charge < -0.3 is 15.6 Å². The Balaban J connectivity index is 1.47. The standard InChI is InChI=1S/C18H15N9O4/c19-14-12-15(22-6-21-14)27(7-23-12)18-13(28)11(24-25-20)10(31-18)5-26-16(29)8-3-1-2-4-9(8)17(26)30/h1-4,6-7,10-11,13,18,28H,5H2,(H2,19,21,22)/t10-,11-,13-,18-/m1/s1. The quantitative estimate of drug-likeness (QED) is 0.266. The van der Waals surface area contributed by atoms with Crippen LogP contribution < -0.4 is 5.73 Å². The van der Waals surface area contributed by atoms with Gasteiger partial charge >= 0.3 is 0 Å². The lowest BCUT2D eigenvalue weighted by Crippen LogP contribution is -2.41. The molecule has 0 bridgehead atoms. The van der Waals surface area contributed by atoms with Gasteiger partial charge in [0, 0.05) is 4.91 Å². The molecule has 0 radical (unpaired) electrons. The first-order chi connectivity index (χ1) is 15.0. The zero-order chi connectivity index (χ0) is 21.7. The number of nitrogens with two attached hydrogens (primary N) is 1. The molecule has 13 nitrogen and oxygen atoms in total. The van der Waals surface area contributed by atoms with Gasteiger partial charge in [-0.25, -0.2) is 15.0 Å². The van der Waals surface area contributed by atoms with E-state index in [2.05, 4.69) is 25.0 Å². The van der Waals surface area contributed by atoms with E-state index in [0.717, 1.165) is 4.90 Å². The zero-order valence-electron chi connectivity index (χ0n) is 15.8. The summed E-state index contributed by atoms with van der Waals surface area (Å²) in [6.45, 7) is -0.201. The number of nitrogens with zero attached hydrogens (tertiary/aromatic N) is 8. The average Bonchev–Trinajstić information content (AvgIpc) is 3.40. The SMILES string of the molecule is [N-]=[N+]=N[C@H]1[C@@H](O)[C@H](n2cnc3c(N)ncnc32)O[C@@H]1CN1C(=O)c2ccccc2C1=O. The Morgan fingerprint density at radius 1 is 1.19 bits per heavy atom. The molecule has 2 aliphatic rings. The molecule has 1 fully saturated rings. The Kier molecular flexibility index (Phi) is 4.29. The second-order valence-corrected chi connectivity index (χ2v) is 7.10. The topological polar surface area (TPSA) is 185 Å². The van der Waals surface area contributed by atoms with Crippen LogP contribution in [0.25, 0.3) is 21.6 Å². The summed E-state index contributed by atoms with van der Waals surface area (Å²) in [7, 11) is 0. The third-order valence-corrected chi connectivity index (χ3v) is 5.42. The molecule has 31 heavy (non-hydrogen) atoms. The Labute approximate surface area is 173 Å². The van der Waals surface area contributed by atoms with Gasteiger partial charge in [-0.15, -0.1) is 0 Å². The molecule has 0 aliphatic carbocycles. The molecule has 1 saturated heterocycles. The number of nitrogen functional groups attached to an aromatic ring is 1. The molecule has 156 valence electrons. The number of anilines is 1. The summed E-state index contributed by atoms with van der Waals surface area (Å²) in [6, 6.07) is 5.40. The molecular weight excluding hydrogens is 406 g/mol. The Morgan fingerprint density at radius 2 is 1.90 bits per heavy atom. The van der Waals surface area contributed by atoms with Crippen molar-refractivity contribution >= 4 is 28.8 Å². The van der Waals surface area contributed by atoms with Gasteiger partial charge in [-0.05, 0) is 17.7 Å². The molecule has 2 aromatic heterocycles. The lowest BCUT2D eigenvalue weighted by Gasteiger charge is -2.21. The monoisotopic (exact) mass is 421 g/mol. The third kappa shape index (κ3) is 2.79. The van der Waals surface area contributed by atoms with Gasteiger partial charge in [-0.1, -0.05) is 17.2 Å². The number of imidazole rings is 1. The number of azide groups is 1. The maximum Gasteiger partial charge on any atom is 0.261 e. The molecule has 0 saturated carbocycles. The van der Waals surface area contributed by atoms with E-state index in [1.807, 2.05) is 0 Å². The fourth-order valence-electron chi connectivity index (χ4n) is 3.95. The Hall–Kier alpha value is -4.06. The molecule has 4 atom stereocenters. The van der Waals surface area contributed by atoms with Gasteiger partial charge in [-0.3, -0.25) is 19.1 Å². The summed E-state index contributed by atoms with van der Waals surface area (Å²) in [6.07, 6.45) is -0.645. The molecule has 2 aliphatic heterocycles. The smallest absolute Gasteiger partial charge is 0.261 e. The number of benzene rings is 1. The highest BCUT2D eigenvalue weighted by Crippen LogP contribution is 2.35. The van der Waals surface area contributed by atoms with Crippen LogP contribution in [0.1, 0.15) is 26.9 Å². The van der Waals surface area contributed by atoms with Gasteiger partial charge in [0.2, 0.25) is 0 Å². The van der Waals surface area contributed by atoms with Crippen molar-refractivity contribution in [2.45, 2.75) is 24.5 Å². The fourth-order valence-corrected chi connectivity index (χ4v) is 3.95. The van der Waals surface area contributed by atoms with Gasteiger partial charge in [0.25, 0.3) is 11.8 Å². The van der Waals surface area contributed by atoms with E-state index >= 15 is 0 Å². The molecule has 3 N–H and O–H groups in total.